The topological polar surface area (TPSA) is 70.0 Å². The van der Waals surface area contributed by atoms with Crippen molar-refractivity contribution in [2.75, 3.05) is 5.32 Å². The molecular weight excluding hydrogens is 307 g/mol. The molecule has 4 nitrogen and oxygen atoms in total. The summed E-state index contributed by atoms with van der Waals surface area (Å²) in [6, 6.07) is 11.2. The minimum absolute atomic E-state index is 0.172. The zero-order chi connectivity index (χ0) is 16.1. The molecule has 0 spiro atoms. The molecule has 0 heterocycles. The molecular formula is C16H10ClFN2O2. The monoisotopic (exact) mass is 316 g/mol. The number of nitrogens with zero attached hydrogens (tertiary/aromatic N) is 1. The van der Waals surface area contributed by atoms with E-state index in [1.54, 1.807) is 6.07 Å². The highest BCUT2D eigenvalue weighted by Gasteiger charge is 2.16. The number of nitrogens with one attached hydrogen (secondary N) is 1. The summed E-state index contributed by atoms with van der Waals surface area (Å²) in [6.07, 6.45) is -0.327. The molecule has 1 N–H and O–H groups in total. The summed E-state index contributed by atoms with van der Waals surface area (Å²) in [6.45, 7) is 0. The maximum absolute atomic E-state index is 12.9. The van der Waals surface area contributed by atoms with Crippen molar-refractivity contribution in [3.05, 3.63) is 64.4 Å². The molecule has 0 fully saturated rings. The van der Waals surface area contributed by atoms with E-state index in [1.807, 2.05) is 0 Å². The number of hydrogen-bond donors (Lipinski definition) is 1. The molecule has 2 rings (SSSR count). The molecule has 0 unspecified atom stereocenters. The maximum atomic E-state index is 12.9. The number of ketones is 1. The van der Waals surface area contributed by atoms with E-state index < -0.39 is 17.5 Å². The Bertz CT molecular complexity index is 767. The van der Waals surface area contributed by atoms with Crippen molar-refractivity contribution in [2.45, 2.75) is 6.42 Å². The van der Waals surface area contributed by atoms with E-state index in [2.05, 4.69) is 5.32 Å². The number of anilines is 1. The summed E-state index contributed by atoms with van der Waals surface area (Å²) in [7, 11) is 0. The van der Waals surface area contributed by atoms with Crippen molar-refractivity contribution in [1.82, 2.24) is 0 Å². The van der Waals surface area contributed by atoms with E-state index in [0.29, 0.717) is 5.02 Å². The minimum atomic E-state index is -0.530. The second-order valence-corrected chi connectivity index (χ2v) is 4.85. The van der Waals surface area contributed by atoms with E-state index in [9.17, 15) is 14.0 Å². The number of benzene rings is 2. The number of amides is 1. The van der Waals surface area contributed by atoms with Gasteiger partial charge in [-0.25, -0.2) is 4.39 Å². The molecule has 110 valence electrons. The summed E-state index contributed by atoms with van der Waals surface area (Å²) in [5, 5.41) is 11.3. The maximum Gasteiger partial charge on any atom is 0.238 e. The lowest BCUT2D eigenvalue weighted by molar-refractivity contribution is -0.115. The fraction of sp³-hybridized carbons (Fsp3) is 0.0625. The Morgan fingerprint density at radius 1 is 1.18 bits per heavy atom. The predicted molar refractivity (Wildman–Crippen MR) is 80.1 cm³/mol. The van der Waals surface area contributed by atoms with Crippen molar-refractivity contribution in [1.29, 1.82) is 5.26 Å². The van der Waals surface area contributed by atoms with Crippen LogP contribution in [0.4, 0.5) is 10.1 Å². The molecule has 0 atom stereocenters. The highest BCUT2D eigenvalue weighted by molar-refractivity contribution is 6.31. The molecule has 2 aromatic rings. The summed E-state index contributed by atoms with van der Waals surface area (Å²) in [5.41, 5.74) is 0.684. The number of carbonyl (C=O) groups is 2. The minimum Gasteiger partial charge on any atom is -0.325 e. The van der Waals surface area contributed by atoms with Crippen LogP contribution >= 0.6 is 11.6 Å². The lowest BCUT2D eigenvalue weighted by Gasteiger charge is -2.10. The molecule has 0 saturated heterocycles. The van der Waals surface area contributed by atoms with Crippen LogP contribution in [-0.2, 0) is 4.79 Å². The Balaban J connectivity index is 2.38. The van der Waals surface area contributed by atoms with Gasteiger partial charge in [-0.2, -0.15) is 5.26 Å². The SMILES string of the molecule is N#CCC(=O)Nc1ccc(Cl)cc1C(=O)c1ccc(F)cc1. The van der Waals surface area contributed by atoms with Crippen molar-refractivity contribution in [3.8, 4) is 6.07 Å². The van der Waals surface area contributed by atoms with Crippen LogP contribution in [0.25, 0.3) is 0 Å². The highest BCUT2D eigenvalue weighted by atomic mass is 35.5. The second kappa shape index (κ2) is 6.83. The van der Waals surface area contributed by atoms with Crippen LogP contribution in [0.15, 0.2) is 42.5 Å². The average Bonchev–Trinajstić information content (AvgIpc) is 2.49. The Kier molecular flexibility index (Phi) is 4.87. The normalized spacial score (nSPS) is 9.86. The van der Waals surface area contributed by atoms with Crippen molar-refractivity contribution < 1.29 is 14.0 Å². The number of hydrogen-bond acceptors (Lipinski definition) is 3. The van der Waals surface area contributed by atoms with Gasteiger partial charge in [-0.15, -0.1) is 0 Å². The molecule has 22 heavy (non-hydrogen) atoms. The molecule has 1 amide bonds. The van der Waals surface area contributed by atoms with Gasteiger partial charge >= 0.3 is 0 Å². The standard InChI is InChI=1S/C16H10ClFN2O2/c17-11-3-6-14(20-15(21)7-8-19)13(9-11)16(22)10-1-4-12(18)5-2-10/h1-6,9H,7H2,(H,20,21). The van der Waals surface area contributed by atoms with Crippen LogP contribution in [-0.4, -0.2) is 11.7 Å². The number of nitriles is 1. The van der Waals surface area contributed by atoms with Crippen LogP contribution in [0, 0.1) is 17.1 Å². The smallest absolute Gasteiger partial charge is 0.238 e. The predicted octanol–water partition coefficient (Wildman–Crippen LogP) is 3.56. The zero-order valence-corrected chi connectivity index (χ0v) is 12.0. The van der Waals surface area contributed by atoms with E-state index >= 15 is 0 Å². The van der Waals surface area contributed by atoms with Gasteiger partial charge in [-0.3, -0.25) is 9.59 Å². The molecule has 0 radical (unpaired) electrons. The van der Waals surface area contributed by atoms with Crippen LogP contribution in [0.3, 0.4) is 0 Å². The molecule has 0 aromatic heterocycles. The third-order valence-electron chi connectivity index (χ3n) is 2.85. The fourth-order valence-electron chi connectivity index (χ4n) is 1.84. The van der Waals surface area contributed by atoms with E-state index in [1.165, 1.54) is 42.5 Å². The van der Waals surface area contributed by atoms with Gasteiger partial charge in [0.2, 0.25) is 5.91 Å². The lowest BCUT2D eigenvalue weighted by atomic mass is 10.0. The molecule has 6 heteroatoms. The van der Waals surface area contributed by atoms with Gasteiger partial charge in [0.15, 0.2) is 5.78 Å². The molecule has 0 saturated carbocycles. The Morgan fingerprint density at radius 3 is 2.50 bits per heavy atom. The first-order valence-electron chi connectivity index (χ1n) is 6.28. The summed E-state index contributed by atoms with van der Waals surface area (Å²) >= 11 is 5.89. The zero-order valence-electron chi connectivity index (χ0n) is 11.3. The van der Waals surface area contributed by atoms with Crippen molar-refractivity contribution in [3.63, 3.8) is 0 Å². The van der Waals surface area contributed by atoms with Crippen LogP contribution in [0.5, 0.6) is 0 Å². The quantitative estimate of drug-likeness (QED) is 0.877. The molecule has 0 aliphatic rings. The third-order valence-corrected chi connectivity index (χ3v) is 3.08. The molecule has 0 aliphatic carbocycles. The number of rotatable bonds is 4. The number of carbonyl (C=O) groups excluding carboxylic acids is 2. The van der Waals surface area contributed by atoms with Crippen molar-refractivity contribution in [2.24, 2.45) is 0 Å². The van der Waals surface area contributed by atoms with Crippen LogP contribution in [0.1, 0.15) is 22.3 Å². The van der Waals surface area contributed by atoms with Gasteiger partial charge in [0.25, 0.3) is 0 Å². The first kappa shape index (κ1) is 15.7. The van der Waals surface area contributed by atoms with Gasteiger partial charge in [0.1, 0.15) is 12.2 Å². The van der Waals surface area contributed by atoms with Gasteiger partial charge in [0, 0.05) is 16.1 Å². The molecule has 0 bridgehead atoms. The average molecular weight is 317 g/mol. The summed E-state index contributed by atoms with van der Waals surface area (Å²) < 4.78 is 12.9. The van der Waals surface area contributed by atoms with Crippen LogP contribution < -0.4 is 5.32 Å². The molecule has 0 aliphatic heterocycles. The fourth-order valence-corrected chi connectivity index (χ4v) is 2.01. The summed E-state index contributed by atoms with van der Waals surface area (Å²) in [4.78, 5) is 24.0. The van der Waals surface area contributed by atoms with E-state index in [4.69, 9.17) is 16.9 Å². The van der Waals surface area contributed by atoms with Gasteiger partial charge in [-0.1, -0.05) is 11.6 Å². The lowest BCUT2D eigenvalue weighted by Crippen LogP contribution is -2.14. The van der Waals surface area contributed by atoms with Gasteiger partial charge in [0.05, 0.1) is 11.8 Å². The van der Waals surface area contributed by atoms with E-state index in [-0.39, 0.29) is 23.2 Å². The largest absolute Gasteiger partial charge is 0.325 e. The first-order valence-corrected chi connectivity index (χ1v) is 6.65. The Labute approximate surface area is 131 Å². The Hall–Kier alpha value is -2.71. The number of halogens is 2. The van der Waals surface area contributed by atoms with Gasteiger partial charge < -0.3 is 5.32 Å². The first-order chi connectivity index (χ1) is 10.5. The third kappa shape index (κ3) is 3.68. The van der Waals surface area contributed by atoms with Crippen LogP contribution in [0.2, 0.25) is 5.02 Å². The highest BCUT2D eigenvalue weighted by Crippen LogP contribution is 2.24. The van der Waals surface area contributed by atoms with Crippen molar-refractivity contribution >= 4 is 29.0 Å². The van der Waals surface area contributed by atoms with E-state index in [0.717, 1.165) is 0 Å². The molecule has 2 aromatic carbocycles. The Morgan fingerprint density at radius 2 is 1.86 bits per heavy atom. The van der Waals surface area contributed by atoms with Gasteiger partial charge in [-0.05, 0) is 42.5 Å². The summed E-state index contributed by atoms with van der Waals surface area (Å²) in [5.74, 6) is -1.39. The second-order valence-electron chi connectivity index (χ2n) is 4.41.